The number of sulfonamides is 1. The normalized spacial score (nSPS) is 18.6. The van der Waals surface area contributed by atoms with Crippen LogP contribution in [0.5, 0.6) is 11.5 Å². The largest absolute Gasteiger partial charge is 0.618 e. The minimum Gasteiger partial charge on any atom is -0.618 e. The molecule has 204 valence electrons. The predicted molar refractivity (Wildman–Crippen MR) is 134 cm³/mol. The maximum absolute atomic E-state index is 13.2. The molecule has 0 unspecified atom stereocenters. The molecule has 0 aliphatic carbocycles. The first-order valence-corrected chi connectivity index (χ1v) is 13.7. The van der Waals surface area contributed by atoms with Gasteiger partial charge in [-0.15, -0.1) is 0 Å². The Kier molecular flexibility index (Phi) is 8.17. The maximum Gasteiger partial charge on any atom is 0.323 e. The lowest BCUT2D eigenvalue weighted by atomic mass is 10.0. The van der Waals surface area contributed by atoms with Crippen molar-refractivity contribution in [3.8, 4) is 11.5 Å². The fourth-order valence-corrected chi connectivity index (χ4v) is 5.82. The number of benzene rings is 1. The van der Waals surface area contributed by atoms with E-state index in [9.17, 15) is 28.0 Å². The van der Waals surface area contributed by atoms with Crippen molar-refractivity contribution in [1.82, 2.24) is 14.9 Å². The molecule has 0 spiro atoms. The molecule has 13 heteroatoms. The lowest BCUT2D eigenvalue weighted by Gasteiger charge is -2.23. The van der Waals surface area contributed by atoms with Gasteiger partial charge in [0.15, 0.2) is 23.5 Å². The second-order valence-electron chi connectivity index (χ2n) is 9.60. The predicted octanol–water partition coefficient (Wildman–Crippen LogP) is 0.732. The SMILES string of the molecule is CC(C)C[C@@H](NC(=O)c1ccc2c(c1)OCO2)C(=O)N[C@@H]1CCCN(S(=O)(=O)c2cccc[n+]2[O-])CC1=O. The summed E-state index contributed by atoms with van der Waals surface area (Å²) in [6.45, 7) is 3.40. The second kappa shape index (κ2) is 11.4. The van der Waals surface area contributed by atoms with Crippen LogP contribution >= 0.6 is 0 Å². The molecule has 2 aliphatic rings. The van der Waals surface area contributed by atoms with Crippen molar-refractivity contribution in [2.45, 2.75) is 50.2 Å². The summed E-state index contributed by atoms with van der Waals surface area (Å²) in [7, 11) is -4.21. The standard InChI is InChI=1S/C25H30N4O8S/c1-16(2)12-19(27-24(31)17-8-9-21-22(13-17)37-15-36-21)25(32)26-18-6-5-10-28(14-20(18)30)38(34,35)23-7-3-4-11-29(23)33/h3-4,7-9,11,13,16,18-19H,5-6,10,12,14-15H2,1-2H3,(H,26,32)(H,27,31)/t18-,19-/m1/s1. The third-order valence-corrected chi connectivity index (χ3v) is 8.13. The minimum absolute atomic E-state index is 0.0195. The third kappa shape index (κ3) is 6.05. The Hall–Kier alpha value is -3.71. The molecule has 4 rings (SSSR count). The fourth-order valence-electron chi connectivity index (χ4n) is 4.35. The first-order chi connectivity index (χ1) is 18.1. The monoisotopic (exact) mass is 546 g/mol. The Labute approximate surface area is 220 Å². The van der Waals surface area contributed by atoms with Gasteiger partial charge in [-0.05, 0) is 49.4 Å². The summed E-state index contributed by atoms with van der Waals surface area (Å²) < 4.78 is 37.8. The van der Waals surface area contributed by atoms with Crippen LogP contribution in [0.1, 0.15) is 43.5 Å². The number of hydrogen-bond acceptors (Lipinski definition) is 8. The number of Topliss-reactive ketones (excluding diaryl/α,β-unsaturated/α-hetero) is 1. The molecule has 38 heavy (non-hydrogen) atoms. The Morgan fingerprint density at radius 3 is 2.68 bits per heavy atom. The molecule has 3 heterocycles. The third-order valence-electron chi connectivity index (χ3n) is 6.29. The molecule has 2 amide bonds. The van der Waals surface area contributed by atoms with Crippen LogP contribution in [0.2, 0.25) is 0 Å². The van der Waals surface area contributed by atoms with Gasteiger partial charge >= 0.3 is 15.0 Å². The molecule has 2 aliphatic heterocycles. The van der Waals surface area contributed by atoms with E-state index >= 15 is 0 Å². The molecule has 2 atom stereocenters. The van der Waals surface area contributed by atoms with Crippen LogP contribution in [-0.2, 0) is 19.6 Å². The van der Waals surface area contributed by atoms with Gasteiger partial charge in [-0.3, -0.25) is 14.4 Å². The van der Waals surface area contributed by atoms with E-state index in [-0.39, 0.29) is 30.4 Å². The number of fused-ring (bicyclic) bond motifs is 1. The van der Waals surface area contributed by atoms with Crippen molar-refractivity contribution < 1.29 is 37.0 Å². The molecule has 1 aromatic carbocycles. The topological polar surface area (TPSA) is 158 Å². The van der Waals surface area contributed by atoms with Crippen LogP contribution in [0.25, 0.3) is 0 Å². The van der Waals surface area contributed by atoms with E-state index < -0.39 is 51.3 Å². The van der Waals surface area contributed by atoms with Crippen LogP contribution in [0.4, 0.5) is 0 Å². The zero-order chi connectivity index (χ0) is 27.4. The number of carbonyl (C=O) groups excluding carboxylic acids is 3. The average Bonchev–Trinajstić information content (AvgIpc) is 3.26. The van der Waals surface area contributed by atoms with Gasteiger partial charge < -0.3 is 25.3 Å². The van der Waals surface area contributed by atoms with Gasteiger partial charge in [0.2, 0.25) is 12.7 Å². The molecule has 12 nitrogen and oxygen atoms in total. The van der Waals surface area contributed by atoms with Crippen molar-refractivity contribution >= 4 is 27.6 Å². The Bertz CT molecular complexity index is 1330. The van der Waals surface area contributed by atoms with E-state index in [1.54, 1.807) is 12.1 Å². The number of ether oxygens (including phenoxy) is 2. The van der Waals surface area contributed by atoms with Crippen LogP contribution in [-0.4, -0.2) is 62.3 Å². The van der Waals surface area contributed by atoms with Crippen molar-refractivity contribution in [3.63, 3.8) is 0 Å². The average molecular weight is 547 g/mol. The van der Waals surface area contributed by atoms with Gasteiger partial charge in [0.25, 0.3) is 5.91 Å². The second-order valence-corrected chi connectivity index (χ2v) is 11.5. The summed E-state index contributed by atoms with van der Waals surface area (Å²) in [5.74, 6) is -0.510. The lowest BCUT2D eigenvalue weighted by molar-refractivity contribution is -0.646. The Morgan fingerprint density at radius 1 is 1.18 bits per heavy atom. The van der Waals surface area contributed by atoms with Crippen LogP contribution in [0, 0.1) is 11.1 Å². The zero-order valence-corrected chi connectivity index (χ0v) is 21.9. The molecule has 2 aromatic rings. The highest BCUT2D eigenvalue weighted by molar-refractivity contribution is 7.89. The highest BCUT2D eigenvalue weighted by Gasteiger charge is 2.37. The number of aromatic nitrogens is 1. The van der Waals surface area contributed by atoms with E-state index in [0.29, 0.717) is 29.9 Å². The van der Waals surface area contributed by atoms with Gasteiger partial charge in [0.1, 0.15) is 6.04 Å². The molecule has 0 bridgehead atoms. The number of ketones is 1. The van der Waals surface area contributed by atoms with Gasteiger partial charge in [-0.1, -0.05) is 13.8 Å². The molecule has 1 saturated heterocycles. The summed E-state index contributed by atoms with van der Waals surface area (Å²) in [6.07, 6.45) is 1.90. The van der Waals surface area contributed by atoms with E-state index in [1.165, 1.54) is 24.3 Å². The molecule has 0 radical (unpaired) electrons. The van der Waals surface area contributed by atoms with Crippen LogP contribution in [0.3, 0.4) is 0 Å². The van der Waals surface area contributed by atoms with Gasteiger partial charge in [0.05, 0.1) is 12.6 Å². The maximum atomic E-state index is 13.2. The van der Waals surface area contributed by atoms with Gasteiger partial charge in [0, 0.05) is 24.2 Å². The van der Waals surface area contributed by atoms with Crippen LogP contribution in [0.15, 0.2) is 47.6 Å². The van der Waals surface area contributed by atoms with Crippen molar-refractivity contribution in [2.75, 3.05) is 19.9 Å². The highest BCUT2D eigenvalue weighted by Crippen LogP contribution is 2.32. The summed E-state index contributed by atoms with van der Waals surface area (Å²) in [6, 6.07) is 6.86. The Balaban J connectivity index is 1.43. The first-order valence-electron chi connectivity index (χ1n) is 12.3. The smallest absolute Gasteiger partial charge is 0.323 e. The number of carbonyl (C=O) groups is 3. The van der Waals surface area contributed by atoms with E-state index in [2.05, 4.69) is 10.6 Å². The number of hydrogen-bond donors (Lipinski definition) is 2. The summed E-state index contributed by atoms with van der Waals surface area (Å²) >= 11 is 0. The molecule has 1 fully saturated rings. The first kappa shape index (κ1) is 27.3. The van der Waals surface area contributed by atoms with Crippen molar-refractivity contribution in [2.24, 2.45) is 5.92 Å². The highest BCUT2D eigenvalue weighted by atomic mass is 32.2. The van der Waals surface area contributed by atoms with Gasteiger partial charge in [-0.25, -0.2) is 8.42 Å². The number of rotatable bonds is 8. The van der Waals surface area contributed by atoms with Gasteiger partial charge in [-0.2, -0.15) is 9.04 Å². The zero-order valence-electron chi connectivity index (χ0n) is 21.1. The quantitative estimate of drug-likeness (QED) is 0.362. The van der Waals surface area contributed by atoms with E-state index in [0.717, 1.165) is 10.5 Å². The molecule has 1 aromatic heterocycles. The van der Waals surface area contributed by atoms with Crippen LogP contribution < -0.4 is 24.8 Å². The minimum atomic E-state index is -4.21. The van der Waals surface area contributed by atoms with E-state index in [1.807, 2.05) is 13.8 Å². The molecule has 0 saturated carbocycles. The number of nitrogens with one attached hydrogen (secondary N) is 2. The number of amides is 2. The van der Waals surface area contributed by atoms with Crippen molar-refractivity contribution in [3.05, 3.63) is 53.4 Å². The lowest BCUT2D eigenvalue weighted by Crippen LogP contribution is -2.52. The Morgan fingerprint density at radius 2 is 1.95 bits per heavy atom. The number of pyridine rings is 1. The molecule has 2 N–H and O–H groups in total. The van der Waals surface area contributed by atoms with E-state index in [4.69, 9.17) is 9.47 Å². The number of nitrogens with zero attached hydrogens (tertiary/aromatic N) is 2. The summed E-state index contributed by atoms with van der Waals surface area (Å²) in [5.41, 5.74) is 0.290. The summed E-state index contributed by atoms with van der Waals surface area (Å²) in [5, 5.41) is 17.0. The summed E-state index contributed by atoms with van der Waals surface area (Å²) in [4.78, 5) is 39.1. The van der Waals surface area contributed by atoms with Crippen molar-refractivity contribution in [1.29, 1.82) is 0 Å². The fraction of sp³-hybridized carbons (Fsp3) is 0.440. The molecular weight excluding hydrogens is 516 g/mol. The molecular formula is C25H30N4O8S.